The number of fused-ring (bicyclic) bond motifs is 1. The summed E-state index contributed by atoms with van der Waals surface area (Å²) in [6.45, 7) is 8.73. The number of ketones is 1. The van der Waals surface area contributed by atoms with Gasteiger partial charge in [0.05, 0.1) is 5.56 Å². The molecule has 4 heteroatoms. The molecule has 1 aliphatic heterocycles. The van der Waals surface area contributed by atoms with Gasteiger partial charge in [-0.3, -0.25) is 4.79 Å². The fourth-order valence-electron chi connectivity index (χ4n) is 3.58. The number of hydrogen-bond donors (Lipinski definition) is 0. The Labute approximate surface area is 136 Å². The van der Waals surface area contributed by atoms with Crippen LogP contribution in [0.3, 0.4) is 0 Å². The van der Waals surface area contributed by atoms with Crippen LogP contribution < -0.4 is 9.47 Å². The summed E-state index contributed by atoms with van der Waals surface area (Å²) in [6.07, 6.45) is 3.43. The van der Waals surface area contributed by atoms with E-state index in [4.69, 9.17) is 9.47 Å². The van der Waals surface area contributed by atoms with Crippen molar-refractivity contribution in [3.05, 3.63) is 35.2 Å². The largest absolute Gasteiger partial charge is 0.454 e. The van der Waals surface area contributed by atoms with Crippen molar-refractivity contribution in [2.24, 2.45) is 17.3 Å². The highest BCUT2D eigenvalue weighted by molar-refractivity contribution is 5.97. The number of hydrogen-bond acceptors (Lipinski definition) is 3. The molecule has 23 heavy (non-hydrogen) atoms. The van der Waals surface area contributed by atoms with E-state index >= 15 is 0 Å². The maximum absolute atomic E-state index is 14.1. The molecule has 0 amide bonds. The number of carbonyl (C=O) groups is 1. The average molecular weight is 318 g/mol. The Kier molecular flexibility index (Phi) is 3.95. The highest BCUT2D eigenvalue weighted by Gasteiger charge is 2.55. The third kappa shape index (κ3) is 2.99. The second-order valence-corrected chi connectivity index (χ2v) is 7.34. The molecule has 2 atom stereocenters. The molecule has 2 unspecified atom stereocenters. The predicted octanol–water partition coefficient (Wildman–Crippen LogP) is 4.76. The van der Waals surface area contributed by atoms with Crippen molar-refractivity contribution in [2.45, 2.75) is 40.5 Å². The van der Waals surface area contributed by atoms with Crippen molar-refractivity contribution < 1.29 is 18.7 Å². The number of carbonyl (C=O) groups excluding carboxylic acids is 1. The summed E-state index contributed by atoms with van der Waals surface area (Å²) in [4.78, 5) is 12.4. The summed E-state index contributed by atoms with van der Waals surface area (Å²) in [5, 5.41) is 0. The Bertz CT molecular complexity index is 671. The van der Waals surface area contributed by atoms with Gasteiger partial charge in [-0.1, -0.05) is 25.5 Å². The van der Waals surface area contributed by atoms with Gasteiger partial charge in [0.15, 0.2) is 17.3 Å². The molecule has 0 N–H and O–H groups in total. The summed E-state index contributed by atoms with van der Waals surface area (Å²) < 4.78 is 24.4. The fraction of sp³-hybridized carbons (Fsp3) is 0.526. The van der Waals surface area contributed by atoms with Gasteiger partial charge < -0.3 is 9.47 Å². The van der Waals surface area contributed by atoms with Gasteiger partial charge in [-0.25, -0.2) is 4.39 Å². The van der Waals surface area contributed by atoms with E-state index in [1.807, 2.05) is 0 Å². The first-order valence-electron chi connectivity index (χ1n) is 8.08. The van der Waals surface area contributed by atoms with Crippen LogP contribution in [0.15, 0.2) is 23.8 Å². The second kappa shape index (κ2) is 5.66. The number of halogens is 1. The van der Waals surface area contributed by atoms with Crippen molar-refractivity contribution in [3.8, 4) is 11.5 Å². The molecule has 1 fully saturated rings. The van der Waals surface area contributed by atoms with Crippen LogP contribution in [0.5, 0.6) is 11.5 Å². The van der Waals surface area contributed by atoms with Gasteiger partial charge in [0.2, 0.25) is 6.79 Å². The molecule has 0 spiro atoms. The van der Waals surface area contributed by atoms with Crippen LogP contribution in [-0.4, -0.2) is 12.6 Å². The predicted molar refractivity (Wildman–Crippen MR) is 86.3 cm³/mol. The van der Waals surface area contributed by atoms with E-state index in [1.54, 1.807) is 0 Å². The molecule has 1 heterocycles. The van der Waals surface area contributed by atoms with Gasteiger partial charge in [-0.05, 0) is 43.6 Å². The smallest absolute Gasteiger partial charge is 0.231 e. The molecular formula is C19H23FO3. The average Bonchev–Trinajstić information content (AvgIpc) is 2.82. The molecule has 3 rings (SSSR count). The Balaban J connectivity index is 1.66. The minimum absolute atomic E-state index is 0.0765. The van der Waals surface area contributed by atoms with Gasteiger partial charge in [-0.2, -0.15) is 0 Å². The van der Waals surface area contributed by atoms with E-state index in [1.165, 1.54) is 17.7 Å². The van der Waals surface area contributed by atoms with Crippen molar-refractivity contribution in [3.63, 3.8) is 0 Å². The first kappa shape index (κ1) is 16.0. The fourth-order valence-corrected chi connectivity index (χ4v) is 3.58. The van der Waals surface area contributed by atoms with E-state index in [-0.39, 0.29) is 23.6 Å². The van der Waals surface area contributed by atoms with Gasteiger partial charge in [-0.15, -0.1) is 0 Å². The normalized spacial score (nSPS) is 23.5. The highest BCUT2D eigenvalue weighted by atomic mass is 19.1. The molecular weight excluding hydrogens is 295 g/mol. The maximum Gasteiger partial charge on any atom is 0.231 e. The van der Waals surface area contributed by atoms with Crippen LogP contribution in [-0.2, 0) is 0 Å². The number of benzene rings is 1. The van der Waals surface area contributed by atoms with Crippen LogP contribution in [0, 0.1) is 23.1 Å². The standard InChI is InChI=1S/C19H23FO3/c1-11(2)7-14-13(19(14,3)4)5-6-16(21)12-8-17-18(9-15(12)20)23-10-22-17/h7-9,13-14H,5-6,10H2,1-4H3. The molecule has 1 aromatic carbocycles. The quantitative estimate of drug-likeness (QED) is 0.580. The van der Waals surface area contributed by atoms with Crippen LogP contribution >= 0.6 is 0 Å². The molecule has 0 radical (unpaired) electrons. The summed E-state index contributed by atoms with van der Waals surface area (Å²) in [6, 6.07) is 2.70. The van der Waals surface area contributed by atoms with Crippen LogP contribution in [0.2, 0.25) is 0 Å². The van der Waals surface area contributed by atoms with E-state index < -0.39 is 5.82 Å². The highest BCUT2D eigenvalue weighted by Crippen LogP contribution is 2.61. The Morgan fingerprint density at radius 3 is 2.61 bits per heavy atom. The monoisotopic (exact) mass is 318 g/mol. The Hall–Kier alpha value is -1.84. The van der Waals surface area contributed by atoms with Gasteiger partial charge in [0.1, 0.15) is 5.82 Å². The first-order valence-corrected chi connectivity index (χ1v) is 8.08. The summed E-state index contributed by atoms with van der Waals surface area (Å²) >= 11 is 0. The zero-order chi connectivity index (χ0) is 16.8. The van der Waals surface area contributed by atoms with E-state index in [0.717, 1.165) is 6.42 Å². The lowest BCUT2D eigenvalue weighted by Crippen LogP contribution is -2.04. The minimum Gasteiger partial charge on any atom is -0.454 e. The molecule has 1 aromatic rings. The lowest BCUT2D eigenvalue weighted by molar-refractivity contribution is 0.0972. The van der Waals surface area contributed by atoms with Crippen molar-refractivity contribution in [1.82, 2.24) is 0 Å². The van der Waals surface area contributed by atoms with Crippen molar-refractivity contribution >= 4 is 5.78 Å². The minimum atomic E-state index is -0.532. The molecule has 1 aliphatic carbocycles. The van der Waals surface area contributed by atoms with E-state index in [0.29, 0.717) is 29.8 Å². The molecule has 2 aliphatic rings. The zero-order valence-corrected chi connectivity index (χ0v) is 14.1. The van der Waals surface area contributed by atoms with E-state index in [9.17, 15) is 9.18 Å². The van der Waals surface area contributed by atoms with Gasteiger partial charge in [0.25, 0.3) is 0 Å². The van der Waals surface area contributed by atoms with Gasteiger partial charge in [0, 0.05) is 12.5 Å². The summed E-state index contributed by atoms with van der Waals surface area (Å²) in [7, 11) is 0. The number of allylic oxidation sites excluding steroid dienone is 2. The van der Waals surface area contributed by atoms with Crippen LogP contribution in [0.4, 0.5) is 4.39 Å². The molecule has 1 saturated carbocycles. The van der Waals surface area contributed by atoms with Crippen molar-refractivity contribution in [1.29, 1.82) is 0 Å². The summed E-state index contributed by atoms with van der Waals surface area (Å²) in [5.74, 6) is 1.12. The number of rotatable bonds is 5. The number of ether oxygens (including phenoxy) is 2. The second-order valence-electron chi connectivity index (χ2n) is 7.34. The lowest BCUT2D eigenvalue weighted by atomic mass is 10.0. The van der Waals surface area contributed by atoms with Gasteiger partial charge >= 0.3 is 0 Å². The number of Topliss-reactive ketones (excluding diaryl/α,β-unsaturated/α-hetero) is 1. The topological polar surface area (TPSA) is 35.5 Å². The third-order valence-corrected chi connectivity index (χ3v) is 5.10. The molecule has 0 aromatic heterocycles. The molecule has 124 valence electrons. The SMILES string of the molecule is CC(C)=CC1C(CCC(=O)c2cc3c(cc2F)OCO3)C1(C)C. The van der Waals surface area contributed by atoms with E-state index in [2.05, 4.69) is 33.8 Å². The Morgan fingerprint density at radius 2 is 1.96 bits per heavy atom. The zero-order valence-electron chi connectivity index (χ0n) is 14.1. The van der Waals surface area contributed by atoms with Crippen molar-refractivity contribution in [2.75, 3.05) is 6.79 Å². The molecule has 3 nitrogen and oxygen atoms in total. The first-order chi connectivity index (χ1) is 10.8. The maximum atomic E-state index is 14.1. The van der Waals surface area contributed by atoms with Crippen LogP contribution in [0.25, 0.3) is 0 Å². The lowest BCUT2D eigenvalue weighted by Gasteiger charge is -2.05. The third-order valence-electron chi connectivity index (χ3n) is 5.10. The van der Waals surface area contributed by atoms with Crippen LogP contribution in [0.1, 0.15) is 50.9 Å². The summed E-state index contributed by atoms with van der Waals surface area (Å²) in [5.41, 5.74) is 1.63. The molecule has 0 bridgehead atoms. The Morgan fingerprint density at radius 1 is 1.30 bits per heavy atom. The molecule has 0 saturated heterocycles.